The topological polar surface area (TPSA) is 24.5 Å². The van der Waals surface area contributed by atoms with E-state index in [-0.39, 0.29) is 11.8 Å². The van der Waals surface area contributed by atoms with Gasteiger partial charge in [-0.05, 0) is 32.5 Å². The molecule has 1 N–H and O–H groups in total. The lowest BCUT2D eigenvalue weighted by molar-refractivity contribution is 0.0128. The highest BCUT2D eigenvalue weighted by Crippen LogP contribution is 2.26. The van der Waals surface area contributed by atoms with E-state index in [4.69, 9.17) is 17.0 Å². The molecule has 1 aliphatic heterocycles. The van der Waals surface area contributed by atoms with Crippen LogP contribution in [0.25, 0.3) is 0 Å². The summed E-state index contributed by atoms with van der Waals surface area (Å²) >= 11 is 5.28. The maximum Gasteiger partial charge on any atom is 0.171 e. The van der Waals surface area contributed by atoms with Crippen molar-refractivity contribution in [3.63, 3.8) is 0 Å². The third-order valence-corrected chi connectivity index (χ3v) is 3.15. The molecule has 0 spiro atoms. The maximum atomic E-state index is 5.37. The normalized spacial score (nSPS) is 25.3. The molecule has 4 heteroatoms. The van der Waals surface area contributed by atoms with E-state index >= 15 is 0 Å². The molecule has 3 nitrogen and oxygen atoms in total. The van der Waals surface area contributed by atoms with Gasteiger partial charge in [0, 0.05) is 13.7 Å². The van der Waals surface area contributed by atoms with Gasteiger partial charge < -0.3 is 15.0 Å². The molecule has 0 radical (unpaired) electrons. The van der Waals surface area contributed by atoms with E-state index in [9.17, 15) is 0 Å². The number of nitrogens with one attached hydrogen (secondary N) is 1. The highest BCUT2D eigenvalue weighted by atomic mass is 32.1. The van der Waals surface area contributed by atoms with Gasteiger partial charge in [-0.25, -0.2) is 0 Å². The van der Waals surface area contributed by atoms with Crippen LogP contribution in [0.3, 0.4) is 0 Å². The Morgan fingerprint density at radius 2 is 2.21 bits per heavy atom. The third kappa shape index (κ3) is 2.01. The summed E-state index contributed by atoms with van der Waals surface area (Å²) in [5, 5.41) is 4.00. The predicted octanol–water partition coefficient (Wildman–Crippen LogP) is 1.73. The second-order valence-corrected chi connectivity index (χ2v) is 4.61. The van der Waals surface area contributed by atoms with Crippen LogP contribution in [0.15, 0.2) is 0 Å². The summed E-state index contributed by atoms with van der Waals surface area (Å²) < 4.78 is 5.37. The zero-order valence-corrected chi connectivity index (χ0v) is 10.3. The fourth-order valence-electron chi connectivity index (χ4n) is 1.82. The van der Waals surface area contributed by atoms with E-state index in [2.05, 4.69) is 31.0 Å². The van der Waals surface area contributed by atoms with Crippen molar-refractivity contribution in [3.05, 3.63) is 0 Å². The quantitative estimate of drug-likeness (QED) is 0.723. The summed E-state index contributed by atoms with van der Waals surface area (Å²) in [4.78, 5) is 2.22. The monoisotopic (exact) mass is 216 g/mol. The Hall–Kier alpha value is -0.350. The molecule has 14 heavy (non-hydrogen) atoms. The van der Waals surface area contributed by atoms with Crippen LogP contribution in [-0.4, -0.2) is 35.4 Å². The number of hydrogen-bond acceptors (Lipinski definition) is 2. The second-order valence-electron chi connectivity index (χ2n) is 4.22. The lowest BCUT2D eigenvalue weighted by atomic mass is 10.0. The first-order chi connectivity index (χ1) is 6.54. The lowest BCUT2D eigenvalue weighted by Crippen LogP contribution is -2.47. The SMILES string of the molecule is CCCCN1C(=S)N[C@H](OC)C1(C)C. The van der Waals surface area contributed by atoms with Gasteiger partial charge in [0.15, 0.2) is 11.3 Å². The highest BCUT2D eigenvalue weighted by Gasteiger charge is 2.43. The Labute approximate surface area is 91.8 Å². The molecule has 0 bridgehead atoms. The zero-order valence-electron chi connectivity index (χ0n) is 9.46. The van der Waals surface area contributed by atoms with Gasteiger partial charge in [-0.15, -0.1) is 0 Å². The molecule has 1 aliphatic rings. The molecule has 0 amide bonds. The molecule has 1 atom stereocenters. The van der Waals surface area contributed by atoms with Crippen molar-refractivity contribution < 1.29 is 4.74 Å². The Balaban J connectivity index is 2.68. The van der Waals surface area contributed by atoms with E-state index < -0.39 is 0 Å². The standard InChI is InChI=1S/C10H20N2OS/c1-5-6-7-12-9(14)11-8(13-4)10(12,2)3/h8H,5-7H2,1-4H3,(H,11,14)/t8-/m1/s1. The number of unbranched alkanes of at least 4 members (excludes halogenated alkanes) is 1. The van der Waals surface area contributed by atoms with Crippen LogP contribution in [0.4, 0.5) is 0 Å². The molecule has 82 valence electrons. The molecule has 0 aromatic heterocycles. The molecule has 0 unspecified atom stereocenters. The van der Waals surface area contributed by atoms with Gasteiger partial charge in [-0.3, -0.25) is 0 Å². The van der Waals surface area contributed by atoms with Crippen LogP contribution in [0.2, 0.25) is 0 Å². The van der Waals surface area contributed by atoms with Gasteiger partial charge in [0.2, 0.25) is 0 Å². The minimum Gasteiger partial charge on any atom is -0.359 e. The van der Waals surface area contributed by atoms with Crippen LogP contribution in [0, 0.1) is 0 Å². The molecule has 0 aliphatic carbocycles. The fraction of sp³-hybridized carbons (Fsp3) is 0.900. The van der Waals surface area contributed by atoms with Crippen molar-refractivity contribution in [1.82, 2.24) is 10.2 Å². The molecular weight excluding hydrogens is 196 g/mol. The first-order valence-corrected chi connectivity index (χ1v) is 5.55. The largest absolute Gasteiger partial charge is 0.359 e. The number of hydrogen-bond donors (Lipinski definition) is 1. The Morgan fingerprint density at radius 1 is 1.57 bits per heavy atom. The molecule has 1 rings (SSSR count). The smallest absolute Gasteiger partial charge is 0.171 e. The summed E-state index contributed by atoms with van der Waals surface area (Å²) in [7, 11) is 1.71. The van der Waals surface area contributed by atoms with Crippen molar-refractivity contribution in [3.8, 4) is 0 Å². The summed E-state index contributed by atoms with van der Waals surface area (Å²) in [5.74, 6) is 0. The number of methoxy groups -OCH3 is 1. The van der Waals surface area contributed by atoms with Crippen LogP contribution in [0.5, 0.6) is 0 Å². The maximum absolute atomic E-state index is 5.37. The van der Waals surface area contributed by atoms with Gasteiger partial charge in [-0.1, -0.05) is 13.3 Å². The van der Waals surface area contributed by atoms with Gasteiger partial charge in [0.25, 0.3) is 0 Å². The fourth-order valence-corrected chi connectivity index (χ4v) is 2.26. The molecule has 0 aromatic carbocycles. The Bertz CT molecular complexity index is 218. The Morgan fingerprint density at radius 3 is 2.64 bits per heavy atom. The van der Waals surface area contributed by atoms with Crippen molar-refractivity contribution in [2.45, 2.75) is 45.4 Å². The van der Waals surface area contributed by atoms with Crippen LogP contribution in [-0.2, 0) is 4.74 Å². The summed E-state index contributed by atoms with van der Waals surface area (Å²) in [6.07, 6.45) is 2.36. The van der Waals surface area contributed by atoms with Crippen LogP contribution < -0.4 is 5.32 Å². The minimum absolute atomic E-state index is 0.00635. The number of ether oxygens (including phenoxy) is 1. The molecule has 0 aromatic rings. The number of thiocarbonyl (C=S) groups is 1. The van der Waals surface area contributed by atoms with E-state index in [0.717, 1.165) is 11.7 Å². The predicted molar refractivity (Wildman–Crippen MR) is 62.2 cm³/mol. The van der Waals surface area contributed by atoms with Crippen molar-refractivity contribution in [1.29, 1.82) is 0 Å². The van der Waals surface area contributed by atoms with Crippen molar-refractivity contribution in [2.24, 2.45) is 0 Å². The molecular formula is C10H20N2OS. The average Bonchev–Trinajstić information content (AvgIpc) is 2.34. The summed E-state index contributed by atoms with van der Waals surface area (Å²) in [6, 6.07) is 0. The summed E-state index contributed by atoms with van der Waals surface area (Å²) in [6.45, 7) is 7.51. The van der Waals surface area contributed by atoms with Gasteiger partial charge in [0.05, 0.1) is 5.54 Å². The minimum atomic E-state index is -0.0407. The molecule has 1 heterocycles. The summed E-state index contributed by atoms with van der Waals surface area (Å²) in [5.41, 5.74) is -0.0407. The van der Waals surface area contributed by atoms with E-state index in [1.54, 1.807) is 7.11 Å². The molecule has 1 saturated heterocycles. The average molecular weight is 216 g/mol. The van der Waals surface area contributed by atoms with Gasteiger partial charge in [0.1, 0.15) is 0 Å². The van der Waals surface area contributed by atoms with Gasteiger partial charge >= 0.3 is 0 Å². The van der Waals surface area contributed by atoms with Crippen LogP contribution >= 0.6 is 12.2 Å². The number of rotatable bonds is 4. The third-order valence-electron chi connectivity index (χ3n) is 2.81. The highest BCUT2D eigenvalue weighted by molar-refractivity contribution is 7.80. The first kappa shape index (κ1) is 11.7. The first-order valence-electron chi connectivity index (χ1n) is 5.15. The van der Waals surface area contributed by atoms with Crippen LogP contribution in [0.1, 0.15) is 33.6 Å². The lowest BCUT2D eigenvalue weighted by Gasteiger charge is -2.34. The van der Waals surface area contributed by atoms with E-state index in [1.807, 2.05) is 0 Å². The number of nitrogens with zero attached hydrogens (tertiary/aromatic N) is 1. The van der Waals surface area contributed by atoms with E-state index in [1.165, 1.54) is 12.8 Å². The zero-order chi connectivity index (χ0) is 10.8. The van der Waals surface area contributed by atoms with Crippen molar-refractivity contribution >= 4 is 17.3 Å². The second kappa shape index (κ2) is 4.45. The van der Waals surface area contributed by atoms with E-state index in [0.29, 0.717) is 0 Å². The Kier molecular flexibility index (Phi) is 3.72. The van der Waals surface area contributed by atoms with Gasteiger partial charge in [-0.2, -0.15) is 0 Å². The molecule has 0 saturated carbocycles. The molecule has 1 fully saturated rings. The van der Waals surface area contributed by atoms with Crippen molar-refractivity contribution in [2.75, 3.05) is 13.7 Å².